The summed E-state index contributed by atoms with van der Waals surface area (Å²) in [6, 6.07) is 0. The number of aryl methyl sites for hydroxylation is 2. The third-order valence-electron chi connectivity index (χ3n) is 3.50. The smallest absolute Gasteiger partial charge is 0.147 e. The van der Waals surface area contributed by atoms with E-state index >= 15 is 0 Å². The first-order valence-electron chi connectivity index (χ1n) is 7.02. The van der Waals surface area contributed by atoms with Crippen LogP contribution in [0, 0.1) is 13.8 Å². The second-order valence-electron chi connectivity index (χ2n) is 5.13. The van der Waals surface area contributed by atoms with Crippen molar-refractivity contribution in [1.82, 2.24) is 14.9 Å². The Bertz CT molecular complexity index is 370. The van der Waals surface area contributed by atoms with E-state index in [2.05, 4.69) is 20.2 Å². The van der Waals surface area contributed by atoms with E-state index in [-0.39, 0.29) is 0 Å². The maximum atomic E-state index is 4.48. The number of hydrogen-bond donors (Lipinski definition) is 1. The van der Waals surface area contributed by atoms with Crippen LogP contribution in [0.15, 0.2) is 6.20 Å². The average Bonchev–Trinajstić information content (AvgIpc) is 2.62. The standard InChI is InChI=1S/C14H24N4/c1-12-11-16-13(2)14(17-12)15-7-10-18-8-5-3-4-6-9-18/h11H,3-10H2,1-2H3,(H,15,17). The summed E-state index contributed by atoms with van der Waals surface area (Å²) in [6.07, 6.45) is 7.31. The molecule has 4 heteroatoms. The van der Waals surface area contributed by atoms with Gasteiger partial charge in [0.05, 0.1) is 11.4 Å². The molecule has 1 saturated heterocycles. The van der Waals surface area contributed by atoms with Crippen LogP contribution in [0.1, 0.15) is 37.1 Å². The first-order chi connectivity index (χ1) is 8.75. The minimum atomic E-state index is 0.935. The molecule has 4 nitrogen and oxygen atoms in total. The Labute approximate surface area is 110 Å². The van der Waals surface area contributed by atoms with E-state index in [1.807, 2.05) is 20.0 Å². The minimum absolute atomic E-state index is 0.935. The number of likely N-dealkylation sites (tertiary alicyclic amines) is 1. The van der Waals surface area contributed by atoms with Crippen LogP contribution in [-0.4, -0.2) is 41.0 Å². The molecule has 1 N–H and O–H groups in total. The molecule has 0 aromatic carbocycles. The lowest BCUT2D eigenvalue weighted by Gasteiger charge is -2.20. The van der Waals surface area contributed by atoms with Gasteiger partial charge in [-0.1, -0.05) is 12.8 Å². The summed E-state index contributed by atoms with van der Waals surface area (Å²) >= 11 is 0. The number of nitrogens with zero attached hydrogens (tertiary/aromatic N) is 3. The molecule has 1 aliphatic heterocycles. The van der Waals surface area contributed by atoms with Crippen molar-refractivity contribution in [3.63, 3.8) is 0 Å². The molecule has 0 saturated carbocycles. The fraction of sp³-hybridized carbons (Fsp3) is 0.714. The predicted molar refractivity (Wildman–Crippen MR) is 74.9 cm³/mol. The second-order valence-corrected chi connectivity index (χ2v) is 5.13. The highest BCUT2D eigenvalue weighted by Crippen LogP contribution is 2.10. The Morgan fingerprint density at radius 2 is 1.89 bits per heavy atom. The topological polar surface area (TPSA) is 41.1 Å². The van der Waals surface area contributed by atoms with Crippen LogP contribution in [0.25, 0.3) is 0 Å². The SMILES string of the molecule is Cc1cnc(C)c(NCCN2CCCCCC2)n1. The molecule has 1 aliphatic rings. The largest absolute Gasteiger partial charge is 0.367 e. The third kappa shape index (κ3) is 3.95. The van der Waals surface area contributed by atoms with Crippen molar-refractivity contribution in [2.24, 2.45) is 0 Å². The maximum absolute atomic E-state index is 4.48. The normalized spacial score (nSPS) is 17.4. The van der Waals surface area contributed by atoms with Gasteiger partial charge in [-0.05, 0) is 39.8 Å². The van der Waals surface area contributed by atoms with Gasteiger partial charge in [-0.2, -0.15) is 0 Å². The van der Waals surface area contributed by atoms with Gasteiger partial charge in [0.1, 0.15) is 5.82 Å². The molecule has 0 radical (unpaired) electrons. The summed E-state index contributed by atoms with van der Waals surface area (Å²) < 4.78 is 0. The molecular formula is C14H24N4. The van der Waals surface area contributed by atoms with Gasteiger partial charge < -0.3 is 10.2 Å². The highest BCUT2D eigenvalue weighted by atomic mass is 15.1. The lowest BCUT2D eigenvalue weighted by atomic mass is 10.2. The van der Waals surface area contributed by atoms with Gasteiger partial charge in [0.2, 0.25) is 0 Å². The zero-order valence-electron chi connectivity index (χ0n) is 11.6. The number of rotatable bonds is 4. The fourth-order valence-electron chi connectivity index (χ4n) is 2.40. The molecule has 0 unspecified atom stereocenters. The van der Waals surface area contributed by atoms with Crippen molar-refractivity contribution >= 4 is 5.82 Å². The Hall–Kier alpha value is -1.16. The molecule has 0 aliphatic carbocycles. The van der Waals surface area contributed by atoms with Crippen LogP contribution in [0.5, 0.6) is 0 Å². The monoisotopic (exact) mass is 248 g/mol. The molecule has 0 bridgehead atoms. The summed E-state index contributed by atoms with van der Waals surface area (Å²) in [5, 5.41) is 3.41. The van der Waals surface area contributed by atoms with Crippen molar-refractivity contribution in [3.8, 4) is 0 Å². The summed E-state index contributed by atoms with van der Waals surface area (Å²) in [7, 11) is 0. The molecule has 18 heavy (non-hydrogen) atoms. The first kappa shape index (κ1) is 13.3. The van der Waals surface area contributed by atoms with Gasteiger partial charge in [0, 0.05) is 19.3 Å². The zero-order valence-corrected chi connectivity index (χ0v) is 11.6. The first-order valence-corrected chi connectivity index (χ1v) is 7.02. The highest BCUT2D eigenvalue weighted by molar-refractivity contribution is 5.39. The Balaban J connectivity index is 1.78. The van der Waals surface area contributed by atoms with Gasteiger partial charge in [-0.3, -0.25) is 4.98 Å². The fourth-order valence-corrected chi connectivity index (χ4v) is 2.40. The molecule has 1 aromatic rings. The Morgan fingerprint density at radius 1 is 1.17 bits per heavy atom. The molecule has 1 aromatic heterocycles. The summed E-state index contributed by atoms with van der Waals surface area (Å²) in [6.45, 7) is 8.54. The Kier molecular flexibility index (Phi) is 4.93. The van der Waals surface area contributed by atoms with Crippen molar-refractivity contribution in [2.45, 2.75) is 39.5 Å². The van der Waals surface area contributed by atoms with E-state index in [0.717, 1.165) is 30.3 Å². The lowest BCUT2D eigenvalue weighted by Crippen LogP contribution is -2.30. The van der Waals surface area contributed by atoms with Gasteiger partial charge in [-0.15, -0.1) is 0 Å². The van der Waals surface area contributed by atoms with Crippen LogP contribution >= 0.6 is 0 Å². The van der Waals surface area contributed by atoms with Crippen LogP contribution in [0.4, 0.5) is 5.82 Å². The molecule has 1 fully saturated rings. The van der Waals surface area contributed by atoms with Crippen molar-refractivity contribution in [3.05, 3.63) is 17.6 Å². The summed E-state index contributed by atoms with van der Waals surface area (Å²) in [5.74, 6) is 0.935. The second kappa shape index (κ2) is 6.69. The van der Waals surface area contributed by atoms with Crippen LogP contribution in [0.3, 0.4) is 0 Å². The van der Waals surface area contributed by atoms with Gasteiger partial charge in [0.15, 0.2) is 0 Å². The van der Waals surface area contributed by atoms with Crippen molar-refractivity contribution < 1.29 is 0 Å². The van der Waals surface area contributed by atoms with Gasteiger partial charge >= 0.3 is 0 Å². The van der Waals surface area contributed by atoms with Gasteiger partial charge in [0.25, 0.3) is 0 Å². The summed E-state index contributed by atoms with van der Waals surface area (Å²) in [5.41, 5.74) is 1.95. The zero-order chi connectivity index (χ0) is 12.8. The van der Waals surface area contributed by atoms with Crippen LogP contribution in [-0.2, 0) is 0 Å². The van der Waals surface area contributed by atoms with E-state index in [1.165, 1.54) is 38.8 Å². The van der Waals surface area contributed by atoms with E-state index in [4.69, 9.17) is 0 Å². The predicted octanol–water partition coefficient (Wildman–Crippen LogP) is 2.38. The van der Waals surface area contributed by atoms with E-state index < -0.39 is 0 Å². The number of hydrogen-bond acceptors (Lipinski definition) is 4. The molecular weight excluding hydrogens is 224 g/mol. The van der Waals surface area contributed by atoms with Crippen LogP contribution < -0.4 is 5.32 Å². The highest BCUT2D eigenvalue weighted by Gasteiger charge is 2.08. The number of aromatic nitrogens is 2. The molecule has 0 amide bonds. The van der Waals surface area contributed by atoms with E-state index in [9.17, 15) is 0 Å². The summed E-state index contributed by atoms with van der Waals surface area (Å²) in [4.78, 5) is 11.4. The van der Waals surface area contributed by atoms with E-state index in [1.54, 1.807) is 0 Å². The third-order valence-corrected chi connectivity index (χ3v) is 3.50. The molecule has 100 valence electrons. The van der Waals surface area contributed by atoms with Gasteiger partial charge in [-0.25, -0.2) is 4.98 Å². The Morgan fingerprint density at radius 3 is 2.61 bits per heavy atom. The maximum Gasteiger partial charge on any atom is 0.147 e. The molecule has 0 atom stereocenters. The molecule has 2 heterocycles. The average molecular weight is 248 g/mol. The minimum Gasteiger partial charge on any atom is -0.367 e. The quantitative estimate of drug-likeness (QED) is 0.888. The molecule has 2 rings (SSSR count). The van der Waals surface area contributed by atoms with E-state index in [0.29, 0.717) is 0 Å². The number of anilines is 1. The number of nitrogens with one attached hydrogen (secondary N) is 1. The van der Waals surface area contributed by atoms with Crippen molar-refractivity contribution in [2.75, 3.05) is 31.5 Å². The lowest BCUT2D eigenvalue weighted by molar-refractivity contribution is 0.296. The van der Waals surface area contributed by atoms with Crippen LogP contribution in [0.2, 0.25) is 0 Å². The van der Waals surface area contributed by atoms with Crippen molar-refractivity contribution in [1.29, 1.82) is 0 Å². The molecule has 0 spiro atoms.